The van der Waals surface area contributed by atoms with Gasteiger partial charge in [-0.1, -0.05) is 26.0 Å². The van der Waals surface area contributed by atoms with Crippen molar-refractivity contribution in [1.29, 1.82) is 0 Å². The van der Waals surface area contributed by atoms with Crippen LogP contribution in [-0.2, 0) is 19.5 Å². The molecule has 1 amide bonds. The van der Waals surface area contributed by atoms with Crippen molar-refractivity contribution < 1.29 is 14.1 Å². The summed E-state index contributed by atoms with van der Waals surface area (Å²) in [5.74, 6) is 1.76. The van der Waals surface area contributed by atoms with Gasteiger partial charge in [0, 0.05) is 30.9 Å². The van der Waals surface area contributed by atoms with Gasteiger partial charge in [-0.2, -0.15) is 0 Å². The normalized spacial score (nSPS) is 35.3. The summed E-state index contributed by atoms with van der Waals surface area (Å²) < 4.78 is 12.6. The molecule has 6 heteroatoms. The van der Waals surface area contributed by atoms with Crippen LogP contribution < -0.4 is 10.4 Å². The van der Waals surface area contributed by atoms with Crippen LogP contribution in [0.2, 0.25) is 0 Å². The van der Waals surface area contributed by atoms with Crippen LogP contribution in [0.15, 0.2) is 18.2 Å². The number of hydrogen-bond acceptors (Lipinski definition) is 4. The fraction of sp³-hybridized carbons (Fsp3) is 0.731. The van der Waals surface area contributed by atoms with Gasteiger partial charge in [-0.25, -0.2) is 0 Å². The molecule has 2 atom stereocenters. The summed E-state index contributed by atoms with van der Waals surface area (Å²) in [5.41, 5.74) is 1.92. The van der Waals surface area contributed by atoms with E-state index in [0.29, 0.717) is 6.04 Å². The van der Waals surface area contributed by atoms with E-state index in [-0.39, 0.29) is 23.2 Å². The van der Waals surface area contributed by atoms with Crippen LogP contribution in [0.4, 0.5) is 5.69 Å². The lowest BCUT2D eigenvalue weighted by Gasteiger charge is -2.46. The molecule has 4 aliphatic rings. The number of anilines is 1. The van der Waals surface area contributed by atoms with Crippen molar-refractivity contribution in [2.45, 2.75) is 96.9 Å². The molecule has 0 radical (unpaired) electrons. The summed E-state index contributed by atoms with van der Waals surface area (Å²) in [7, 11) is -0.410. The average molecular weight is 438 g/mol. The minimum Gasteiger partial charge on any atom is -0.399 e. The SMILES string of the molecule is C[C@@H]1CN([C@H]2C[C@@H](N3C(=O)C(C)(C)c4ccc(B5OC(C)(C)C(C)(C)O5)cc43)C2)C[C@@H]1C. The Morgan fingerprint density at radius 3 is 2.03 bits per heavy atom. The second-order valence-electron chi connectivity index (χ2n) is 12.4. The summed E-state index contributed by atoms with van der Waals surface area (Å²) in [5, 5.41) is 0. The monoisotopic (exact) mass is 438 g/mol. The number of rotatable bonds is 3. The van der Waals surface area contributed by atoms with Crippen LogP contribution >= 0.6 is 0 Å². The Morgan fingerprint density at radius 1 is 0.906 bits per heavy atom. The Morgan fingerprint density at radius 2 is 1.47 bits per heavy atom. The van der Waals surface area contributed by atoms with Gasteiger partial charge in [0.25, 0.3) is 0 Å². The van der Waals surface area contributed by atoms with E-state index >= 15 is 0 Å². The van der Waals surface area contributed by atoms with Gasteiger partial charge in [0.15, 0.2) is 0 Å². The number of carbonyl (C=O) groups is 1. The van der Waals surface area contributed by atoms with Gasteiger partial charge in [0.05, 0.1) is 16.6 Å². The Hall–Kier alpha value is -1.37. The van der Waals surface area contributed by atoms with Gasteiger partial charge in [-0.15, -0.1) is 0 Å². The molecule has 0 bridgehead atoms. The third kappa shape index (κ3) is 3.20. The first-order valence-corrected chi connectivity index (χ1v) is 12.4. The van der Waals surface area contributed by atoms with E-state index in [1.165, 1.54) is 13.1 Å². The molecule has 1 aromatic carbocycles. The Kier molecular flexibility index (Phi) is 4.95. The highest BCUT2D eigenvalue weighted by atomic mass is 16.7. The molecule has 5 nitrogen and oxygen atoms in total. The van der Waals surface area contributed by atoms with Crippen LogP contribution in [0.1, 0.15) is 73.8 Å². The molecule has 0 unspecified atom stereocenters. The molecular weight excluding hydrogens is 399 g/mol. The summed E-state index contributed by atoms with van der Waals surface area (Å²) in [4.78, 5) is 18.3. The van der Waals surface area contributed by atoms with E-state index < -0.39 is 12.5 Å². The fourth-order valence-electron chi connectivity index (χ4n) is 5.83. The van der Waals surface area contributed by atoms with Crippen molar-refractivity contribution in [3.8, 4) is 0 Å². The quantitative estimate of drug-likeness (QED) is 0.675. The zero-order valence-electron chi connectivity index (χ0n) is 21.1. The third-order valence-corrected chi connectivity index (χ3v) is 9.22. The Balaban J connectivity index is 1.39. The van der Waals surface area contributed by atoms with Gasteiger partial charge in [-0.3, -0.25) is 9.69 Å². The van der Waals surface area contributed by atoms with Crippen LogP contribution in [0.25, 0.3) is 0 Å². The molecule has 174 valence electrons. The van der Waals surface area contributed by atoms with Crippen LogP contribution in [0.5, 0.6) is 0 Å². The highest BCUT2D eigenvalue weighted by molar-refractivity contribution is 6.62. The van der Waals surface area contributed by atoms with Crippen molar-refractivity contribution in [3.63, 3.8) is 0 Å². The maximum Gasteiger partial charge on any atom is 0.494 e. The maximum atomic E-state index is 13.5. The van der Waals surface area contributed by atoms with Gasteiger partial charge >= 0.3 is 7.12 Å². The molecule has 3 heterocycles. The number of benzene rings is 1. The molecule has 5 rings (SSSR count). The molecule has 3 aliphatic heterocycles. The van der Waals surface area contributed by atoms with Crippen molar-refractivity contribution >= 4 is 24.2 Å². The van der Waals surface area contributed by atoms with E-state index in [1.807, 2.05) is 0 Å². The summed E-state index contributed by atoms with van der Waals surface area (Å²) >= 11 is 0. The van der Waals surface area contributed by atoms with E-state index in [0.717, 1.165) is 41.4 Å². The maximum absolute atomic E-state index is 13.5. The van der Waals surface area contributed by atoms with E-state index in [1.54, 1.807) is 0 Å². The smallest absolute Gasteiger partial charge is 0.399 e. The molecule has 32 heavy (non-hydrogen) atoms. The highest BCUT2D eigenvalue weighted by Gasteiger charge is 2.54. The largest absolute Gasteiger partial charge is 0.494 e. The molecule has 3 fully saturated rings. The number of carbonyl (C=O) groups excluding carboxylic acids is 1. The van der Waals surface area contributed by atoms with Crippen molar-refractivity contribution in [1.82, 2.24) is 4.90 Å². The first kappa shape index (κ1) is 22.4. The van der Waals surface area contributed by atoms with Crippen molar-refractivity contribution in [2.24, 2.45) is 11.8 Å². The number of nitrogens with zero attached hydrogens (tertiary/aromatic N) is 2. The van der Waals surface area contributed by atoms with E-state index in [4.69, 9.17) is 9.31 Å². The lowest BCUT2D eigenvalue weighted by Crippen LogP contribution is -2.56. The van der Waals surface area contributed by atoms with Crippen molar-refractivity contribution in [2.75, 3.05) is 18.0 Å². The molecule has 1 saturated carbocycles. The van der Waals surface area contributed by atoms with Crippen molar-refractivity contribution in [3.05, 3.63) is 23.8 Å². The number of fused-ring (bicyclic) bond motifs is 1. The Labute approximate surface area is 194 Å². The zero-order chi connectivity index (χ0) is 23.2. The minimum atomic E-state index is -0.494. The second kappa shape index (κ2) is 7.07. The van der Waals surface area contributed by atoms with E-state index in [2.05, 4.69) is 83.4 Å². The van der Waals surface area contributed by atoms with Gasteiger partial charge in [-0.05, 0) is 83.3 Å². The van der Waals surface area contributed by atoms with Gasteiger partial charge in [0.1, 0.15) is 0 Å². The summed E-state index contributed by atoms with van der Waals surface area (Å²) in [6, 6.07) is 7.24. The van der Waals surface area contributed by atoms with Crippen LogP contribution in [-0.4, -0.2) is 54.3 Å². The first-order chi connectivity index (χ1) is 14.8. The number of hydrogen-bond donors (Lipinski definition) is 0. The molecule has 2 saturated heterocycles. The van der Waals surface area contributed by atoms with Crippen LogP contribution in [0.3, 0.4) is 0 Å². The number of amides is 1. The molecular formula is C26H39BN2O3. The second-order valence-corrected chi connectivity index (χ2v) is 12.4. The fourth-order valence-corrected chi connectivity index (χ4v) is 5.83. The van der Waals surface area contributed by atoms with Crippen LogP contribution in [0, 0.1) is 11.8 Å². The summed E-state index contributed by atoms with van der Waals surface area (Å²) in [6.07, 6.45) is 2.14. The molecule has 0 spiro atoms. The molecule has 1 aliphatic carbocycles. The van der Waals surface area contributed by atoms with Gasteiger partial charge < -0.3 is 14.2 Å². The van der Waals surface area contributed by atoms with E-state index in [9.17, 15) is 4.79 Å². The Bertz CT molecular complexity index is 911. The lowest BCUT2D eigenvalue weighted by molar-refractivity contribution is -0.123. The molecule has 1 aromatic rings. The number of likely N-dealkylation sites (tertiary alicyclic amines) is 1. The predicted octanol–water partition coefficient (Wildman–Crippen LogP) is 3.73. The third-order valence-electron chi connectivity index (χ3n) is 9.22. The lowest BCUT2D eigenvalue weighted by atomic mass is 9.76. The van der Waals surface area contributed by atoms with Gasteiger partial charge in [0.2, 0.25) is 5.91 Å². The minimum absolute atomic E-state index is 0.227. The standard InChI is InChI=1S/C26H39BN2O3/c1-16-14-28(15-17(16)2)19-12-20(13-19)29-22-11-18(9-10-21(22)24(3,4)23(29)30)27-31-25(5,6)26(7,8)32-27/h9-11,16-17,19-20H,12-15H2,1-8H3/t16-,17+,19-,20+. The first-order valence-electron chi connectivity index (χ1n) is 12.4. The predicted molar refractivity (Wildman–Crippen MR) is 129 cm³/mol. The highest BCUT2D eigenvalue weighted by Crippen LogP contribution is 2.47. The zero-order valence-corrected chi connectivity index (χ0v) is 21.1. The summed E-state index contributed by atoms with van der Waals surface area (Å²) in [6.45, 7) is 19.5. The molecule has 0 aromatic heterocycles. The topological polar surface area (TPSA) is 42.0 Å². The molecule has 0 N–H and O–H groups in total. The average Bonchev–Trinajstić information content (AvgIpc) is 3.17.